The van der Waals surface area contributed by atoms with Crippen LogP contribution in [0.1, 0.15) is 20.7 Å². The Morgan fingerprint density at radius 1 is 0.976 bits per heavy atom. The van der Waals surface area contributed by atoms with Gasteiger partial charge in [-0.2, -0.15) is 0 Å². The molecule has 1 fully saturated rings. The molecule has 0 unspecified atom stereocenters. The summed E-state index contributed by atoms with van der Waals surface area (Å²) in [5, 5.41) is 5.60. The van der Waals surface area contributed by atoms with Crippen LogP contribution in [0.5, 0.6) is 0 Å². The first kappa shape index (κ1) is 28.1. The van der Waals surface area contributed by atoms with Crippen LogP contribution in [0.3, 0.4) is 0 Å². The summed E-state index contributed by atoms with van der Waals surface area (Å²) in [4.78, 5) is 45.5. The summed E-state index contributed by atoms with van der Waals surface area (Å²) in [5.41, 5.74) is 1.36. The molecule has 210 valence electrons. The van der Waals surface area contributed by atoms with Gasteiger partial charge in [0.1, 0.15) is 0 Å². The number of carbonyl (C=O) groups excluding carboxylic acids is 2. The van der Waals surface area contributed by atoms with Crippen LogP contribution in [-0.2, 0) is 11.8 Å². The second-order valence-electron chi connectivity index (χ2n) is 9.35. The topological polar surface area (TPSA) is 106 Å². The fourth-order valence-corrected chi connectivity index (χ4v) is 4.77. The van der Waals surface area contributed by atoms with Crippen molar-refractivity contribution in [3.63, 3.8) is 0 Å². The number of thioether (sulfide) groups is 1. The second-order valence-corrected chi connectivity index (χ2v) is 10.2. The standard InChI is InChI=1S/C30H28FN5O4S/c1-35-18-25(23-4-3-5-24(26(23)31)34-28(37)19-8-12-22(41-2)13-9-19)33-27(30(35)39)32-21-10-6-20(7-11-21)29(38)36-14-16-40-17-15-36/h3-13,18H,14-17H2,1-2H3,(H,32,33)(H,34,37). The molecule has 0 saturated carbocycles. The number of ether oxygens (including phenoxy) is 1. The van der Waals surface area contributed by atoms with Crippen LogP contribution in [0.2, 0.25) is 0 Å². The zero-order chi connectivity index (χ0) is 28.9. The van der Waals surface area contributed by atoms with Gasteiger partial charge in [-0.1, -0.05) is 6.07 Å². The highest BCUT2D eigenvalue weighted by Gasteiger charge is 2.19. The Morgan fingerprint density at radius 2 is 1.66 bits per heavy atom. The van der Waals surface area contributed by atoms with Crippen molar-refractivity contribution in [1.82, 2.24) is 14.5 Å². The Bertz CT molecular complexity index is 1630. The van der Waals surface area contributed by atoms with Gasteiger partial charge in [0.25, 0.3) is 17.4 Å². The van der Waals surface area contributed by atoms with Gasteiger partial charge in [-0.15, -0.1) is 11.8 Å². The molecule has 0 spiro atoms. The number of morpholine rings is 1. The lowest BCUT2D eigenvalue weighted by Crippen LogP contribution is -2.40. The molecule has 5 rings (SSSR count). The SMILES string of the molecule is CSc1ccc(C(=O)Nc2cccc(-c3cn(C)c(=O)c(Nc4ccc(C(=O)N5CCOCC5)cc4)n3)c2F)cc1. The lowest BCUT2D eigenvalue weighted by Gasteiger charge is -2.26. The van der Waals surface area contributed by atoms with E-state index in [2.05, 4.69) is 15.6 Å². The number of benzene rings is 3. The van der Waals surface area contributed by atoms with E-state index in [0.29, 0.717) is 43.1 Å². The molecular formula is C30H28FN5O4S. The lowest BCUT2D eigenvalue weighted by molar-refractivity contribution is 0.0303. The van der Waals surface area contributed by atoms with E-state index in [1.54, 1.807) is 66.2 Å². The molecule has 1 aromatic heterocycles. The predicted octanol–water partition coefficient (Wildman–Crippen LogP) is 4.78. The summed E-state index contributed by atoms with van der Waals surface area (Å²) in [6.45, 7) is 2.11. The summed E-state index contributed by atoms with van der Waals surface area (Å²) in [7, 11) is 1.55. The lowest BCUT2D eigenvalue weighted by atomic mass is 10.1. The third-order valence-electron chi connectivity index (χ3n) is 6.64. The van der Waals surface area contributed by atoms with Crippen LogP contribution < -0.4 is 16.2 Å². The van der Waals surface area contributed by atoms with Crippen LogP contribution in [0.4, 0.5) is 21.6 Å². The van der Waals surface area contributed by atoms with Gasteiger partial charge >= 0.3 is 0 Å². The number of nitrogens with one attached hydrogen (secondary N) is 2. The van der Waals surface area contributed by atoms with E-state index in [9.17, 15) is 14.4 Å². The van der Waals surface area contributed by atoms with Gasteiger partial charge < -0.3 is 24.8 Å². The highest BCUT2D eigenvalue weighted by molar-refractivity contribution is 7.98. The molecule has 0 bridgehead atoms. The molecule has 4 aromatic rings. The van der Waals surface area contributed by atoms with Crippen LogP contribution in [0.25, 0.3) is 11.3 Å². The number of hydrogen-bond donors (Lipinski definition) is 2. The number of carbonyl (C=O) groups is 2. The molecule has 9 nitrogen and oxygen atoms in total. The quantitative estimate of drug-likeness (QED) is 0.307. The zero-order valence-electron chi connectivity index (χ0n) is 22.5. The predicted molar refractivity (Wildman–Crippen MR) is 157 cm³/mol. The average molecular weight is 574 g/mol. The van der Waals surface area contributed by atoms with E-state index in [1.807, 2.05) is 18.4 Å². The highest BCUT2D eigenvalue weighted by Crippen LogP contribution is 2.28. The smallest absolute Gasteiger partial charge is 0.293 e. The summed E-state index contributed by atoms with van der Waals surface area (Å²) in [6.07, 6.45) is 3.37. The number of aryl methyl sites for hydroxylation is 1. The van der Waals surface area contributed by atoms with Crippen LogP contribution in [0, 0.1) is 5.82 Å². The van der Waals surface area contributed by atoms with Crippen molar-refractivity contribution in [1.29, 1.82) is 0 Å². The molecule has 1 aliphatic heterocycles. The van der Waals surface area contributed by atoms with Crippen LogP contribution in [-0.4, -0.2) is 58.8 Å². The second kappa shape index (κ2) is 12.4. The van der Waals surface area contributed by atoms with E-state index in [1.165, 1.54) is 22.9 Å². The van der Waals surface area contributed by atoms with E-state index in [0.717, 1.165) is 4.90 Å². The molecule has 2 amide bonds. The summed E-state index contributed by atoms with van der Waals surface area (Å²) < 4.78 is 22.2. The molecule has 0 aliphatic carbocycles. The fraction of sp³-hybridized carbons (Fsp3) is 0.200. The van der Waals surface area contributed by atoms with Crippen molar-refractivity contribution >= 4 is 40.8 Å². The molecule has 0 atom stereocenters. The summed E-state index contributed by atoms with van der Waals surface area (Å²) in [5.74, 6) is -1.22. The monoisotopic (exact) mass is 573 g/mol. The molecule has 0 radical (unpaired) electrons. The number of rotatable bonds is 7. The molecule has 2 heterocycles. The Morgan fingerprint density at radius 3 is 2.34 bits per heavy atom. The van der Waals surface area contributed by atoms with Gasteiger partial charge in [0.2, 0.25) is 0 Å². The Kier molecular flexibility index (Phi) is 8.46. The minimum atomic E-state index is -0.676. The van der Waals surface area contributed by atoms with Crippen molar-refractivity contribution in [2.45, 2.75) is 4.90 Å². The first-order chi connectivity index (χ1) is 19.8. The first-order valence-electron chi connectivity index (χ1n) is 12.9. The van der Waals surface area contributed by atoms with Crippen molar-refractivity contribution in [2.24, 2.45) is 7.05 Å². The van der Waals surface area contributed by atoms with Crippen LogP contribution >= 0.6 is 11.8 Å². The van der Waals surface area contributed by atoms with E-state index < -0.39 is 17.3 Å². The van der Waals surface area contributed by atoms with Crippen molar-refractivity contribution < 1.29 is 18.7 Å². The maximum atomic E-state index is 15.6. The molecule has 2 N–H and O–H groups in total. The highest BCUT2D eigenvalue weighted by atomic mass is 32.2. The maximum absolute atomic E-state index is 15.6. The molecule has 1 aliphatic rings. The normalized spacial score (nSPS) is 13.1. The Balaban J connectivity index is 1.36. The number of amides is 2. The third-order valence-corrected chi connectivity index (χ3v) is 7.38. The Hall–Kier alpha value is -4.48. The molecular weight excluding hydrogens is 545 g/mol. The van der Waals surface area contributed by atoms with Crippen molar-refractivity contribution in [3.8, 4) is 11.3 Å². The third kappa shape index (κ3) is 6.31. The number of nitrogens with zero attached hydrogens (tertiary/aromatic N) is 3. The van der Waals surface area contributed by atoms with Gasteiger partial charge in [-0.25, -0.2) is 9.37 Å². The van der Waals surface area contributed by atoms with Crippen LogP contribution in [0.15, 0.2) is 82.6 Å². The number of aromatic nitrogens is 2. The first-order valence-corrected chi connectivity index (χ1v) is 14.1. The van der Waals surface area contributed by atoms with Gasteiger partial charge in [0, 0.05) is 53.6 Å². The molecule has 3 aromatic carbocycles. The number of anilines is 3. The maximum Gasteiger partial charge on any atom is 0.293 e. The largest absolute Gasteiger partial charge is 0.378 e. The minimum Gasteiger partial charge on any atom is -0.378 e. The van der Waals surface area contributed by atoms with Gasteiger partial charge in [0.05, 0.1) is 24.6 Å². The summed E-state index contributed by atoms with van der Waals surface area (Å²) in [6, 6.07) is 18.3. The number of hydrogen-bond acceptors (Lipinski definition) is 7. The zero-order valence-corrected chi connectivity index (χ0v) is 23.3. The van der Waals surface area contributed by atoms with E-state index in [4.69, 9.17) is 4.74 Å². The number of halogens is 1. The van der Waals surface area contributed by atoms with Crippen molar-refractivity contribution in [3.05, 3.63) is 100 Å². The van der Waals surface area contributed by atoms with Crippen molar-refractivity contribution in [2.75, 3.05) is 43.2 Å². The minimum absolute atomic E-state index is 0.00729. The molecule has 41 heavy (non-hydrogen) atoms. The average Bonchev–Trinajstić information content (AvgIpc) is 3.01. The van der Waals surface area contributed by atoms with E-state index in [-0.39, 0.29) is 28.7 Å². The van der Waals surface area contributed by atoms with Gasteiger partial charge in [0.15, 0.2) is 11.6 Å². The van der Waals surface area contributed by atoms with Gasteiger partial charge in [-0.3, -0.25) is 14.4 Å². The molecule has 1 saturated heterocycles. The molecule has 11 heteroatoms. The van der Waals surface area contributed by atoms with E-state index >= 15 is 4.39 Å². The van der Waals surface area contributed by atoms with Gasteiger partial charge in [-0.05, 0) is 66.9 Å². The summed E-state index contributed by atoms with van der Waals surface area (Å²) >= 11 is 1.56. The fourth-order valence-electron chi connectivity index (χ4n) is 4.36. The Labute approximate surface area is 240 Å².